The number of imide groups is 1. The summed E-state index contributed by atoms with van der Waals surface area (Å²) in [5, 5.41) is 4.77. The summed E-state index contributed by atoms with van der Waals surface area (Å²) >= 11 is 12.2. The third-order valence-electron chi connectivity index (χ3n) is 7.12. The average Bonchev–Trinajstić information content (AvgIpc) is 3.36. The Kier molecular flexibility index (Phi) is 5.20. The van der Waals surface area contributed by atoms with Gasteiger partial charge in [-0.05, 0) is 42.8 Å². The second-order valence-corrected chi connectivity index (χ2v) is 9.68. The summed E-state index contributed by atoms with van der Waals surface area (Å²) in [7, 11) is 0. The van der Waals surface area contributed by atoms with Crippen molar-refractivity contribution < 1.29 is 28.9 Å². The normalized spacial score (nSPS) is 27.4. The highest BCUT2D eigenvalue weighted by atomic mass is 35.5. The second-order valence-electron chi connectivity index (χ2n) is 8.87. The first-order chi connectivity index (χ1) is 16.1. The first-order valence-electron chi connectivity index (χ1n) is 10.7. The van der Waals surface area contributed by atoms with Gasteiger partial charge in [-0.1, -0.05) is 23.2 Å². The Morgan fingerprint density at radius 1 is 1.18 bits per heavy atom. The Morgan fingerprint density at radius 2 is 1.91 bits per heavy atom. The number of nitrogens with one attached hydrogen (secondary N) is 1. The number of nitrogens with two attached hydrogens (primary N) is 2. The zero-order valence-electron chi connectivity index (χ0n) is 17.9. The van der Waals surface area contributed by atoms with E-state index in [1.54, 1.807) is 24.4 Å². The van der Waals surface area contributed by atoms with Crippen LogP contribution in [0.4, 0.5) is 15.8 Å². The molecule has 0 aromatic heterocycles. The van der Waals surface area contributed by atoms with Crippen LogP contribution >= 0.6 is 23.2 Å². The van der Waals surface area contributed by atoms with Crippen molar-refractivity contribution in [1.82, 2.24) is 0 Å². The van der Waals surface area contributed by atoms with Crippen LogP contribution in [0.25, 0.3) is 0 Å². The summed E-state index contributed by atoms with van der Waals surface area (Å²) in [5.41, 5.74) is 5.74. The van der Waals surface area contributed by atoms with E-state index in [4.69, 9.17) is 28.9 Å². The highest BCUT2D eigenvalue weighted by Crippen LogP contribution is 2.51. The molecule has 0 saturated carbocycles. The van der Waals surface area contributed by atoms with Crippen molar-refractivity contribution in [3.05, 3.63) is 57.3 Å². The van der Waals surface area contributed by atoms with E-state index in [0.29, 0.717) is 21.8 Å². The summed E-state index contributed by atoms with van der Waals surface area (Å²) in [4.78, 5) is 53.4. The largest absolute Gasteiger partial charge is 0.370 e. The molecule has 3 aliphatic rings. The molecule has 1 spiro atoms. The van der Waals surface area contributed by atoms with Crippen LogP contribution in [0.3, 0.4) is 0 Å². The lowest BCUT2D eigenvalue weighted by Gasteiger charge is -2.26. The van der Waals surface area contributed by atoms with Crippen molar-refractivity contribution in [3.63, 3.8) is 0 Å². The molecule has 4 amide bonds. The summed E-state index contributed by atoms with van der Waals surface area (Å²) in [5.74, 6) is -4.76. The van der Waals surface area contributed by atoms with Gasteiger partial charge in [0.1, 0.15) is 23.7 Å². The summed E-state index contributed by atoms with van der Waals surface area (Å²) < 4.78 is 13.7. The zero-order chi connectivity index (χ0) is 24.5. The van der Waals surface area contributed by atoms with Crippen LogP contribution in [0.5, 0.6) is 0 Å². The van der Waals surface area contributed by atoms with Gasteiger partial charge in [-0.3, -0.25) is 19.2 Å². The topological polar surface area (TPSA) is 126 Å². The Morgan fingerprint density at radius 3 is 2.59 bits per heavy atom. The monoisotopic (exact) mass is 505 g/mol. The highest BCUT2D eigenvalue weighted by molar-refractivity contribution is 6.33. The number of carbonyl (C=O) groups excluding carboxylic acids is 4. The Hall–Kier alpha value is -3.01. The number of anilines is 2. The molecule has 2 saturated heterocycles. The summed E-state index contributed by atoms with van der Waals surface area (Å²) in [6, 6.07) is 6.33. The van der Waals surface area contributed by atoms with Gasteiger partial charge in [0.2, 0.25) is 23.3 Å². The van der Waals surface area contributed by atoms with E-state index in [1.807, 2.05) is 0 Å². The van der Waals surface area contributed by atoms with Crippen LogP contribution in [0, 0.1) is 24.6 Å². The van der Waals surface area contributed by atoms with Gasteiger partial charge in [-0.2, -0.15) is 0 Å². The van der Waals surface area contributed by atoms with Gasteiger partial charge in [0.05, 0.1) is 16.4 Å². The van der Waals surface area contributed by atoms with Crippen LogP contribution in [-0.2, 0) is 24.7 Å². The van der Waals surface area contributed by atoms with Crippen molar-refractivity contribution in [2.75, 3.05) is 10.2 Å². The standard InChI is InChI=1S/C23H19Cl2FN4O4/c1-9-12(24)4-3-11-19(9)28-22(34)23(11)18-17(15(29-23)6-7-16(27)31)20(32)30(21(18)33)10-2-5-14(26)13(25)8-10/h2-5,8,15,17-18,29H,6-7H2,1H3,(H2,27,31)(H,28,34)/p+1/t15-,17+,18-,23-/m0/s1. The lowest BCUT2D eigenvalue weighted by molar-refractivity contribution is -0.733. The Bertz CT molecular complexity index is 1300. The van der Waals surface area contributed by atoms with E-state index >= 15 is 0 Å². The van der Waals surface area contributed by atoms with Crippen molar-refractivity contribution in [1.29, 1.82) is 0 Å². The lowest BCUT2D eigenvalue weighted by atomic mass is 9.76. The second kappa shape index (κ2) is 7.76. The molecule has 3 heterocycles. The van der Waals surface area contributed by atoms with Crippen molar-refractivity contribution >= 4 is 58.2 Å². The van der Waals surface area contributed by atoms with Gasteiger partial charge in [0, 0.05) is 23.4 Å². The van der Waals surface area contributed by atoms with Crippen molar-refractivity contribution in [3.8, 4) is 0 Å². The molecule has 5 N–H and O–H groups in total. The van der Waals surface area contributed by atoms with Gasteiger partial charge in [0.15, 0.2) is 0 Å². The van der Waals surface area contributed by atoms with Crippen LogP contribution in [0.2, 0.25) is 10.0 Å². The minimum absolute atomic E-state index is 0.0154. The highest BCUT2D eigenvalue weighted by Gasteiger charge is 2.74. The van der Waals surface area contributed by atoms with E-state index < -0.39 is 52.9 Å². The fourth-order valence-electron chi connectivity index (χ4n) is 5.60. The number of primary amides is 1. The smallest absolute Gasteiger partial charge is 0.291 e. The fraction of sp³-hybridized carbons (Fsp3) is 0.304. The maximum Gasteiger partial charge on any atom is 0.291 e. The molecular formula is C23H20Cl2FN4O4+. The molecule has 176 valence electrons. The number of quaternary nitrogens is 1. The molecule has 0 bridgehead atoms. The number of rotatable bonds is 4. The fourth-order valence-corrected chi connectivity index (χ4v) is 5.93. The van der Waals surface area contributed by atoms with E-state index in [0.717, 1.165) is 11.0 Å². The molecule has 2 aromatic rings. The molecule has 2 fully saturated rings. The Balaban J connectivity index is 1.67. The number of benzene rings is 2. The first-order valence-corrected chi connectivity index (χ1v) is 11.4. The summed E-state index contributed by atoms with van der Waals surface area (Å²) in [6.07, 6.45) is 0.183. The predicted molar refractivity (Wildman–Crippen MR) is 122 cm³/mol. The molecule has 34 heavy (non-hydrogen) atoms. The third-order valence-corrected chi connectivity index (χ3v) is 7.82. The molecule has 0 radical (unpaired) electrons. The lowest BCUT2D eigenvalue weighted by Crippen LogP contribution is -2.99. The first kappa shape index (κ1) is 22.8. The average molecular weight is 506 g/mol. The molecule has 0 aliphatic carbocycles. The van der Waals surface area contributed by atoms with E-state index in [9.17, 15) is 23.6 Å². The van der Waals surface area contributed by atoms with E-state index in [2.05, 4.69) is 5.32 Å². The molecular weight excluding hydrogens is 486 g/mol. The molecule has 0 unspecified atom stereocenters. The van der Waals surface area contributed by atoms with Gasteiger partial charge < -0.3 is 16.4 Å². The minimum Gasteiger partial charge on any atom is -0.370 e. The molecule has 11 heteroatoms. The van der Waals surface area contributed by atoms with Gasteiger partial charge >= 0.3 is 0 Å². The van der Waals surface area contributed by atoms with Crippen LogP contribution < -0.4 is 21.3 Å². The maximum absolute atomic E-state index is 13.8. The van der Waals surface area contributed by atoms with Gasteiger partial charge in [0.25, 0.3) is 5.91 Å². The number of fused-ring (bicyclic) bond motifs is 4. The van der Waals surface area contributed by atoms with E-state index in [-0.39, 0.29) is 23.6 Å². The van der Waals surface area contributed by atoms with Crippen LogP contribution in [0.1, 0.15) is 24.0 Å². The molecule has 2 aromatic carbocycles. The van der Waals surface area contributed by atoms with Crippen molar-refractivity contribution in [2.24, 2.45) is 17.6 Å². The predicted octanol–water partition coefficient (Wildman–Crippen LogP) is 1.61. The van der Waals surface area contributed by atoms with Gasteiger partial charge in [-0.15, -0.1) is 0 Å². The summed E-state index contributed by atoms with van der Waals surface area (Å²) in [6.45, 7) is 1.76. The SMILES string of the molecule is Cc1c(Cl)ccc2c1NC(=O)[C@]21[NH2+][C@@H](CCC(N)=O)[C@H]2C(=O)N(c3ccc(F)c(Cl)c3)C(=O)[C@H]21. The Labute approximate surface area is 203 Å². The van der Waals surface area contributed by atoms with Crippen LogP contribution in [0.15, 0.2) is 30.3 Å². The zero-order valence-corrected chi connectivity index (χ0v) is 19.4. The minimum atomic E-state index is -1.43. The number of nitrogens with zero attached hydrogens (tertiary/aromatic N) is 1. The van der Waals surface area contributed by atoms with Crippen molar-refractivity contribution in [2.45, 2.75) is 31.3 Å². The van der Waals surface area contributed by atoms with Crippen LogP contribution in [-0.4, -0.2) is 29.7 Å². The maximum atomic E-state index is 13.8. The molecule has 3 aliphatic heterocycles. The molecule has 4 atom stereocenters. The quantitative estimate of drug-likeness (QED) is 0.545. The molecule has 5 rings (SSSR count). The number of carbonyl (C=O) groups is 4. The number of hydrogen-bond acceptors (Lipinski definition) is 4. The number of amides is 4. The number of hydrogen-bond donors (Lipinski definition) is 3. The van der Waals surface area contributed by atoms with Gasteiger partial charge in [-0.25, -0.2) is 9.29 Å². The van der Waals surface area contributed by atoms with E-state index in [1.165, 1.54) is 12.1 Å². The molecule has 8 nitrogen and oxygen atoms in total. The third kappa shape index (κ3) is 3.00. The number of halogens is 3.